The first-order valence-corrected chi connectivity index (χ1v) is 11.5. The minimum absolute atomic E-state index is 0.0922. The Morgan fingerprint density at radius 3 is 2.27 bits per heavy atom. The number of halogens is 4. The van der Waals surface area contributed by atoms with Crippen LogP contribution < -0.4 is 0 Å². The minimum Gasteiger partial charge on any atom is -0.326 e. The van der Waals surface area contributed by atoms with E-state index < -0.39 is 11.9 Å². The zero-order chi connectivity index (χ0) is 23.8. The van der Waals surface area contributed by atoms with Crippen molar-refractivity contribution in [1.82, 2.24) is 14.5 Å². The van der Waals surface area contributed by atoms with Gasteiger partial charge in [-0.1, -0.05) is 69.2 Å². The highest BCUT2D eigenvalue weighted by atomic mass is 19.4. The molecular formula is C26H31F4N3. The number of imidazole rings is 1. The summed E-state index contributed by atoms with van der Waals surface area (Å²) in [7, 11) is 0. The van der Waals surface area contributed by atoms with E-state index in [4.69, 9.17) is 0 Å². The monoisotopic (exact) mass is 461 g/mol. The van der Waals surface area contributed by atoms with Crippen LogP contribution in [0, 0.1) is 5.82 Å². The second-order valence-corrected chi connectivity index (χ2v) is 8.29. The van der Waals surface area contributed by atoms with Crippen molar-refractivity contribution in [2.45, 2.75) is 65.3 Å². The summed E-state index contributed by atoms with van der Waals surface area (Å²) >= 11 is 0. The van der Waals surface area contributed by atoms with Crippen LogP contribution in [0.2, 0.25) is 0 Å². The summed E-state index contributed by atoms with van der Waals surface area (Å²) in [5.41, 5.74) is 0.735. The van der Waals surface area contributed by atoms with Gasteiger partial charge in [-0.25, -0.2) is 9.37 Å². The van der Waals surface area contributed by atoms with Gasteiger partial charge in [0.15, 0.2) is 5.69 Å². The van der Waals surface area contributed by atoms with Crippen LogP contribution in [-0.4, -0.2) is 21.0 Å². The van der Waals surface area contributed by atoms with Crippen molar-refractivity contribution < 1.29 is 17.6 Å². The molecule has 0 saturated carbocycles. The van der Waals surface area contributed by atoms with Crippen LogP contribution >= 0.6 is 0 Å². The molecule has 0 fully saturated rings. The van der Waals surface area contributed by atoms with Gasteiger partial charge in [0.2, 0.25) is 0 Å². The Labute approximate surface area is 193 Å². The fraction of sp³-hybridized carbons (Fsp3) is 0.423. The quantitative estimate of drug-likeness (QED) is 0.279. The normalized spacial score (nSPS) is 12.0. The summed E-state index contributed by atoms with van der Waals surface area (Å²) in [4.78, 5) is 6.07. The molecule has 33 heavy (non-hydrogen) atoms. The average molecular weight is 462 g/mol. The van der Waals surface area contributed by atoms with E-state index in [1.807, 2.05) is 24.8 Å². The molecule has 0 N–H and O–H groups in total. The maximum atomic E-state index is 14.1. The Bertz CT molecular complexity index is 1010. The highest BCUT2D eigenvalue weighted by Crippen LogP contribution is 2.35. The summed E-state index contributed by atoms with van der Waals surface area (Å²) < 4.78 is 57.8. The standard InChI is InChI=1S/C26H31F4N3/c1-3-5-15-32(18-20-11-10-14-22(27)17-20)19-23-24(26(28,29)30)31-25(33(23)16-6-4-2)21-12-8-7-9-13-21/h7-14,17H,3-6,15-16,18-19H2,1-2H3. The van der Waals surface area contributed by atoms with Gasteiger partial charge in [0, 0.05) is 25.2 Å². The molecule has 0 radical (unpaired) electrons. The molecule has 3 nitrogen and oxygen atoms in total. The van der Waals surface area contributed by atoms with Crippen molar-refractivity contribution in [1.29, 1.82) is 0 Å². The number of aromatic nitrogens is 2. The predicted octanol–water partition coefficient (Wildman–Crippen LogP) is 7.31. The zero-order valence-corrected chi connectivity index (χ0v) is 19.2. The van der Waals surface area contributed by atoms with Gasteiger partial charge in [-0.15, -0.1) is 0 Å². The summed E-state index contributed by atoms with van der Waals surface area (Å²) in [6.07, 6.45) is -1.21. The number of alkyl halides is 3. The number of unbranched alkanes of at least 4 members (excludes halogenated alkanes) is 2. The molecule has 0 aliphatic heterocycles. The molecule has 2 aromatic carbocycles. The van der Waals surface area contributed by atoms with E-state index in [1.54, 1.807) is 41.0 Å². The fourth-order valence-electron chi connectivity index (χ4n) is 3.94. The number of hydrogen-bond acceptors (Lipinski definition) is 2. The zero-order valence-electron chi connectivity index (χ0n) is 19.2. The van der Waals surface area contributed by atoms with E-state index in [9.17, 15) is 17.6 Å². The summed E-state index contributed by atoms with van der Waals surface area (Å²) in [5.74, 6) is -0.00848. The molecular weight excluding hydrogens is 430 g/mol. The highest BCUT2D eigenvalue weighted by molar-refractivity contribution is 5.57. The molecule has 0 amide bonds. The maximum Gasteiger partial charge on any atom is 0.435 e. The van der Waals surface area contributed by atoms with Crippen molar-refractivity contribution in [3.05, 3.63) is 77.4 Å². The minimum atomic E-state index is -4.56. The van der Waals surface area contributed by atoms with Crippen molar-refractivity contribution in [2.75, 3.05) is 6.54 Å². The lowest BCUT2D eigenvalue weighted by molar-refractivity contribution is -0.141. The van der Waals surface area contributed by atoms with Gasteiger partial charge in [-0.05, 0) is 37.1 Å². The Kier molecular flexibility index (Phi) is 8.67. The molecule has 7 heteroatoms. The van der Waals surface area contributed by atoms with Crippen LogP contribution in [0.4, 0.5) is 17.6 Å². The lowest BCUT2D eigenvalue weighted by atomic mass is 10.1. The van der Waals surface area contributed by atoms with Crippen molar-refractivity contribution in [3.8, 4) is 11.4 Å². The molecule has 3 aromatic rings. The summed E-state index contributed by atoms with van der Waals surface area (Å²) in [6, 6.07) is 15.3. The molecule has 0 bridgehead atoms. The first kappa shape index (κ1) is 25.0. The number of benzene rings is 2. The van der Waals surface area contributed by atoms with Gasteiger partial charge >= 0.3 is 6.18 Å². The van der Waals surface area contributed by atoms with E-state index in [0.717, 1.165) is 31.2 Å². The molecule has 0 unspecified atom stereocenters. The molecule has 0 aliphatic carbocycles. The van der Waals surface area contributed by atoms with Gasteiger partial charge in [-0.2, -0.15) is 13.2 Å². The third-order valence-electron chi connectivity index (χ3n) is 5.60. The Balaban J connectivity index is 2.05. The number of rotatable bonds is 11. The first-order chi connectivity index (χ1) is 15.8. The van der Waals surface area contributed by atoms with E-state index in [1.165, 1.54) is 12.1 Å². The Hall–Kier alpha value is -2.67. The molecule has 3 rings (SSSR count). The molecule has 0 saturated heterocycles. The number of hydrogen-bond donors (Lipinski definition) is 0. The summed E-state index contributed by atoms with van der Waals surface area (Å²) in [5, 5.41) is 0. The molecule has 0 aliphatic rings. The van der Waals surface area contributed by atoms with Gasteiger partial charge in [0.05, 0.1) is 5.69 Å². The Morgan fingerprint density at radius 1 is 0.909 bits per heavy atom. The topological polar surface area (TPSA) is 21.1 Å². The third-order valence-corrected chi connectivity index (χ3v) is 5.60. The van der Waals surface area contributed by atoms with Crippen LogP contribution in [0.25, 0.3) is 11.4 Å². The van der Waals surface area contributed by atoms with Gasteiger partial charge in [-0.3, -0.25) is 4.90 Å². The average Bonchev–Trinajstić information content (AvgIpc) is 3.15. The van der Waals surface area contributed by atoms with Crippen molar-refractivity contribution in [3.63, 3.8) is 0 Å². The van der Waals surface area contributed by atoms with E-state index in [-0.39, 0.29) is 18.1 Å². The first-order valence-electron chi connectivity index (χ1n) is 11.5. The van der Waals surface area contributed by atoms with Gasteiger partial charge < -0.3 is 4.57 Å². The predicted molar refractivity (Wildman–Crippen MR) is 123 cm³/mol. The van der Waals surface area contributed by atoms with Crippen LogP contribution in [0.15, 0.2) is 54.6 Å². The van der Waals surface area contributed by atoms with Gasteiger partial charge in [0.1, 0.15) is 11.6 Å². The fourth-order valence-corrected chi connectivity index (χ4v) is 3.94. The molecule has 0 spiro atoms. The largest absolute Gasteiger partial charge is 0.435 e. The second kappa shape index (κ2) is 11.5. The van der Waals surface area contributed by atoms with Crippen molar-refractivity contribution >= 4 is 0 Å². The third kappa shape index (κ3) is 6.67. The molecule has 0 atom stereocenters. The lowest BCUT2D eigenvalue weighted by Gasteiger charge is -2.24. The van der Waals surface area contributed by atoms with Crippen LogP contribution in [0.1, 0.15) is 56.5 Å². The smallest absolute Gasteiger partial charge is 0.326 e. The number of nitrogens with zero attached hydrogens (tertiary/aromatic N) is 3. The van der Waals surface area contributed by atoms with E-state index in [2.05, 4.69) is 4.98 Å². The van der Waals surface area contributed by atoms with Crippen LogP contribution in [-0.2, 0) is 25.8 Å². The van der Waals surface area contributed by atoms with E-state index in [0.29, 0.717) is 31.0 Å². The molecule has 1 heterocycles. The maximum absolute atomic E-state index is 14.1. The lowest BCUT2D eigenvalue weighted by Crippen LogP contribution is -2.27. The second-order valence-electron chi connectivity index (χ2n) is 8.29. The van der Waals surface area contributed by atoms with Crippen molar-refractivity contribution in [2.24, 2.45) is 0 Å². The SMILES string of the molecule is CCCCN(Cc1cccc(F)c1)Cc1c(C(F)(F)F)nc(-c2ccccc2)n1CCCC. The molecule has 178 valence electrons. The summed E-state index contributed by atoms with van der Waals surface area (Å²) in [6.45, 7) is 5.59. The highest BCUT2D eigenvalue weighted by Gasteiger charge is 2.39. The van der Waals surface area contributed by atoms with Gasteiger partial charge in [0.25, 0.3) is 0 Å². The Morgan fingerprint density at radius 2 is 1.64 bits per heavy atom. The van der Waals surface area contributed by atoms with E-state index >= 15 is 0 Å². The molecule has 1 aromatic heterocycles. The van der Waals surface area contributed by atoms with Crippen LogP contribution in [0.5, 0.6) is 0 Å². The van der Waals surface area contributed by atoms with Crippen LogP contribution in [0.3, 0.4) is 0 Å².